The first kappa shape index (κ1) is 9.59. The molecule has 70 valence electrons. The Hall–Kier alpha value is -0.500. The second kappa shape index (κ2) is 3.48. The van der Waals surface area contributed by atoms with Gasteiger partial charge in [0.05, 0.1) is 6.10 Å². The molecule has 0 spiro atoms. The lowest BCUT2D eigenvalue weighted by molar-refractivity contribution is -0.187. The summed E-state index contributed by atoms with van der Waals surface area (Å²) in [7, 11) is 0. The molecule has 0 bridgehead atoms. The molecule has 1 saturated heterocycles. The zero-order valence-electron chi connectivity index (χ0n) is 8.45. The number of hydrogen-bond acceptors (Lipinski definition) is 2. The van der Waals surface area contributed by atoms with Gasteiger partial charge in [0.1, 0.15) is 6.23 Å². The van der Waals surface area contributed by atoms with Gasteiger partial charge in [-0.05, 0) is 27.0 Å². The third kappa shape index (κ3) is 1.48. The van der Waals surface area contributed by atoms with Gasteiger partial charge in [0, 0.05) is 12.0 Å². The lowest BCUT2D eigenvalue weighted by Crippen LogP contribution is -2.60. The number of hydrogen-bond donors (Lipinski definition) is 0. The van der Waals surface area contributed by atoms with E-state index in [1.807, 2.05) is 6.20 Å². The van der Waals surface area contributed by atoms with Gasteiger partial charge in [-0.25, -0.2) is 0 Å². The highest BCUT2D eigenvalue weighted by molar-refractivity contribution is 4.96. The summed E-state index contributed by atoms with van der Waals surface area (Å²) in [4.78, 5) is 2.17. The molecule has 0 aromatic carbocycles. The first-order chi connectivity index (χ1) is 5.57. The van der Waals surface area contributed by atoms with Crippen LogP contribution in [0.3, 0.4) is 0 Å². The molecule has 1 fully saturated rings. The summed E-state index contributed by atoms with van der Waals surface area (Å²) >= 11 is 0. The Bertz CT molecular complexity index is 167. The molecule has 1 aliphatic rings. The average Bonchev–Trinajstić information content (AvgIpc) is 2.03. The van der Waals surface area contributed by atoms with Crippen molar-refractivity contribution in [3.8, 4) is 0 Å². The van der Waals surface area contributed by atoms with Gasteiger partial charge in [0.25, 0.3) is 0 Å². The second-order valence-corrected chi connectivity index (χ2v) is 3.80. The van der Waals surface area contributed by atoms with Crippen molar-refractivity contribution in [2.24, 2.45) is 5.92 Å². The Morgan fingerprint density at radius 3 is 2.42 bits per heavy atom. The highest BCUT2D eigenvalue weighted by atomic mass is 16.5. The highest BCUT2D eigenvalue weighted by Crippen LogP contribution is 2.33. The fraction of sp³-hybridized carbons (Fsp3) is 0.800. The minimum absolute atomic E-state index is 0.248. The highest BCUT2D eigenvalue weighted by Gasteiger charge is 2.41. The van der Waals surface area contributed by atoms with Crippen molar-refractivity contribution >= 4 is 0 Å². The van der Waals surface area contributed by atoms with Crippen molar-refractivity contribution < 1.29 is 4.74 Å². The van der Waals surface area contributed by atoms with E-state index >= 15 is 0 Å². The van der Waals surface area contributed by atoms with Gasteiger partial charge in [0.2, 0.25) is 0 Å². The molecule has 12 heavy (non-hydrogen) atoms. The molecule has 2 heteroatoms. The van der Waals surface area contributed by atoms with Crippen LogP contribution in [0.5, 0.6) is 0 Å². The van der Waals surface area contributed by atoms with Crippen LogP contribution < -0.4 is 0 Å². The summed E-state index contributed by atoms with van der Waals surface area (Å²) in [6.07, 6.45) is 2.42. The van der Waals surface area contributed by atoms with Crippen LogP contribution >= 0.6 is 0 Å². The Kier molecular flexibility index (Phi) is 2.78. The standard InChI is InChI=1S/C10H19NO/c1-6-11-9(5)8(4)10(11)12-7(2)3/h6-10H,1H2,2-5H3/t8-,9?,10?/m1/s1. The molecule has 0 N–H and O–H groups in total. The molecule has 0 aliphatic carbocycles. The average molecular weight is 169 g/mol. The molecule has 0 radical (unpaired) electrons. The quantitative estimate of drug-likeness (QED) is 0.642. The van der Waals surface area contributed by atoms with E-state index in [4.69, 9.17) is 4.74 Å². The number of rotatable bonds is 3. The summed E-state index contributed by atoms with van der Waals surface area (Å²) in [5, 5.41) is 0. The molecule has 0 aromatic rings. The Labute approximate surface area is 75.2 Å². The Balaban J connectivity index is 2.48. The first-order valence-electron chi connectivity index (χ1n) is 4.63. The van der Waals surface area contributed by atoms with E-state index < -0.39 is 0 Å². The summed E-state index contributed by atoms with van der Waals surface area (Å²) in [6, 6.07) is 0.575. The largest absolute Gasteiger partial charge is 0.355 e. The van der Waals surface area contributed by atoms with Crippen LogP contribution in [0.25, 0.3) is 0 Å². The van der Waals surface area contributed by atoms with Gasteiger partial charge < -0.3 is 9.64 Å². The normalized spacial score (nSPS) is 35.1. The van der Waals surface area contributed by atoms with Crippen LogP contribution in [-0.4, -0.2) is 23.3 Å². The van der Waals surface area contributed by atoms with Crippen LogP contribution in [0.15, 0.2) is 12.8 Å². The van der Waals surface area contributed by atoms with E-state index in [-0.39, 0.29) is 6.23 Å². The smallest absolute Gasteiger partial charge is 0.134 e. The molecule has 3 atom stereocenters. The number of nitrogens with zero attached hydrogens (tertiary/aromatic N) is 1. The maximum absolute atomic E-state index is 5.73. The summed E-state index contributed by atoms with van der Waals surface area (Å²) in [5.74, 6) is 0.616. The predicted molar refractivity (Wildman–Crippen MR) is 50.7 cm³/mol. The van der Waals surface area contributed by atoms with Gasteiger partial charge in [-0.3, -0.25) is 0 Å². The molecule has 0 aromatic heterocycles. The summed E-state index contributed by atoms with van der Waals surface area (Å²) in [6.45, 7) is 12.3. The van der Waals surface area contributed by atoms with E-state index in [0.717, 1.165) is 0 Å². The SMILES string of the molecule is C=CN1C(C)[C@@H](C)C1OC(C)C. The zero-order valence-corrected chi connectivity index (χ0v) is 8.45. The Morgan fingerprint density at radius 1 is 1.42 bits per heavy atom. The molecule has 1 heterocycles. The molecular formula is C10H19NO. The van der Waals surface area contributed by atoms with E-state index in [0.29, 0.717) is 18.1 Å². The van der Waals surface area contributed by atoms with Crippen molar-refractivity contribution in [3.05, 3.63) is 12.8 Å². The van der Waals surface area contributed by atoms with Gasteiger partial charge >= 0.3 is 0 Å². The maximum atomic E-state index is 5.73. The molecular weight excluding hydrogens is 150 g/mol. The Morgan fingerprint density at radius 2 is 2.00 bits per heavy atom. The lowest BCUT2D eigenvalue weighted by atomic mass is 9.90. The first-order valence-corrected chi connectivity index (χ1v) is 4.63. The van der Waals surface area contributed by atoms with Crippen LogP contribution in [0.4, 0.5) is 0 Å². The van der Waals surface area contributed by atoms with E-state index in [1.54, 1.807) is 0 Å². The van der Waals surface area contributed by atoms with Crippen LogP contribution in [0.2, 0.25) is 0 Å². The van der Waals surface area contributed by atoms with Gasteiger partial charge in [-0.1, -0.05) is 13.5 Å². The van der Waals surface area contributed by atoms with Gasteiger partial charge in [-0.15, -0.1) is 0 Å². The van der Waals surface area contributed by atoms with Gasteiger partial charge in [-0.2, -0.15) is 0 Å². The predicted octanol–water partition coefficient (Wildman–Crippen LogP) is 2.22. The second-order valence-electron chi connectivity index (χ2n) is 3.80. The maximum Gasteiger partial charge on any atom is 0.134 e. The molecule has 1 aliphatic heterocycles. The van der Waals surface area contributed by atoms with Gasteiger partial charge in [0.15, 0.2) is 0 Å². The molecule has 0 saturated carbocycles. The van der Waals surface area contributed by atoms with Crippen molar-refractivity contribution in [3.63, 3.8) is 0 Å². The van der Waals surface area contributed by atoms with E-state index in [2.05, 4.69) is 39.2 Å². The van der Waals surface area contributed by atoms with Crippen LogP contribution in [-0.2, 0) is 4.74 Å². The fourth-order valence-corrected chi connectivity index (χ4v) is 1.65. The van der Waals surface area contributed by atoms with E-state index in [1.165, 1.54) is 0 Å². The molecule has 1 rings (SSSR count). The van der Waals surface area contributed by atoms with E-state index in [9.17, 15) is 0 Å². The minimum atomic E-state index is 0.248. The van der Waals surface area contributed by atoms with Crippen molar-refractivity contribution in [2.45, 2.75) is 46.1 Å². The summed E-state index contributed by atoms with van der Waals surface area (Å²) < 4.78 is 5.73. The van der Waals surface area contributed by atoms with Crippen LogP contribution in [0.1, 0.15) is 27.7 Å². The fourth-order valence-electron chi connectivity index (χ4n) is 1.65. The van der Waals surface area contributed by atoms with Crippen molar-refractivity contribution in [1.82, 2.24) is 4.90 Å². The zero-order chi connectivity index (χ0) is 9.30. The van der Waals surface area contributed by atoms with Crippen LogP contribution in [0, 0.1) is 5.92 Å². The van der Waals surface area contributed by atoms with Crippen molar-refractivity contribution in [2.75, 3.05) is 0 Å². The topological polar surface area (TPSA) is 12.5 Å². The third-order valence-corrected chi connectivity index (χ3v) is 2.60. The molecule has 2 unspecified atom stereocenters. The molecule has 2 nitrogen and oxygen atoms in total. The lowest BCUT2D eigenvalue weighted by Gasteiger charge is -2.52. The molecule has 0 amide bonds. The number of ether oxygens (including phenoxy) is 1. The summed E-state index contributed by atoms with van der Waals surface area (Å²) in [5.41, 5.74) is 0. The number of likely N-dealkylation sites (tertiary alicyclic amines) is 1. The monoisotopic (exact) mass is 169 g/mol. The third-order valence-electron chi connectivity index (χ3n) is 2.60. The van der Waals surface area contributed by atoms with Crippen molar-refractivity contribution in [1.29, 1.82) is 0 Å². The minimum Gasteiger partial charge on any atom is -0.355 e.